The van der Waals surface area contributed by atoms with Gasteiger partial charge in [0.2, 0.25) is 0 Å². The predicted octanol–water partition coefficient (Wildman–Crippen LogP) is 5.53. The Hall–Kier alpha value is -2.74. The number of fused-ring (bicyclic) bond motifs is 2. The molecule has 0 amide bonds. The predicted molar refractivity (Wildman–Crippen MR) is 105 cm³/mol. The topological polar surface area (TPSA) is 54.0 Å². The Morgan fingerprint density at radius 2 is 1.84 bits per heavy atom. The van der Waals surface area contributed by atoms with Crippen molar-refractivity contribution in [2.75, 3.05) is 0 Å². The van der Waals surface area contributed by atoms with Gasteiger partial charge in [-0.3, -0.25) is 0 Å². The minimum Gasteiger partial charge on any atom is -0.480 e. The SMILES string of the molecule is CC(C)C1(Oc2cc(C(=O)Oc3ccccc3)ccc2OC(F)(F)F)CC2CCC1O2. The molecule has 4 rings (SSSR count). The maximum Gasteiger partial charge on any atom is 0.573 e. The molecule has 0 aliphatic carbocycles. The highest BCUT2D eigenvalue weighted by Crippen LogP contribution is 2.49. The molecule has 2 aromatic carbocycles. The first-order chi connectivity index (χ1) is 14.7. The number of hydrogen-bond donors (Lipinski definition) is 0. The van der Waals surface area contributed by atoms with Gasteiger partial charge in [-0.05, 0) is 49.1 Å². The van der Waals surface area contributed by atoms with Gasteiger partial charge in [-0.15, -0.1) is 13.2 Å². The molecule has 2 bridgehead atoms. The van der Waals surface area contributed by atoms with Gasteiger partial charge in [0.1, 0.15) is 11.4 Å². The molecule has 2 saturated heterocycles. The Bertz CT molecular complexity index is 944. The van der Waals surface area contributed by atoms with E-state index in [-0.39, 0.29) is 29.4 Å². The molecule has 8 heteroatoms. The summed E-state index contributed by atoms with van der Waals surface area (Å²) in [6, 6.07) is 11.9. The molecule has 5 nitrogen and oxygen atoms in total. The van der Waals surface area contributed by atoms with Crippen molar-refractivity contribution in [3.8, 4) is 17.2 Å². The molecule has 2 aliphatic heterocycles. The Morgan fingerprint density at radius 1 is 1.10 bits per heavy atom. The summed E-state index contributed by atoms with van der Waals surface area (Å²) in [5.41, 5.74) is -0.745. The van der Waals surface area contributed by atoms with Gasteiger partial charge in [0.25, 0.3) is 0 Å². The molecule has 0 N–H and O–H groups in total. The van der Waals surface area contributed by atoms with Crippen molar-refractivity contribution in [1.82, 2.24) is 0 Å². The van der Waals surface area contributed by atoms with Crippen molar-refractivity contribution >= 4 is 5.97 Å². The largest absolute Gasteiger partial charge is 0.573 e. The summed E-state index contributed by atoms with van der Waals surface area (Å²) < 4.78 is 60.6. The summed E-state index contributed by atoms with van der Waals surface area (Å²) in [7, 11) is 0. The van der Waals surface area contributed by atoms with Gasteiger partial charge in [-0.25, -0.2) is 4.79 Å². The lowest BCUT2D eigenvalue weighted by Gasteiger charge is -2.39. The first-order valence-corrected chi connectivity index (χ1v) is 10.2. The lowest BCUT2D eigenvalue weighted by atomic mass is 9.77. The number of esters is 1. The van der Waals surface area contributed by atoms with E-state index in [1.807, 2.05) is 13.8 Å². The van der Waals surface area contributed by atoms with Crippen molar-refractivity contribution in [1.29, 1.82) is 0 Å². The van der Waals surface area contributed by atoms with Gasteiger partial charge in [-0.1, -0.05) is 32.0 Å². The third-order valence-corrected chi connectivity index (χ3v) is 5.84. The highest BCUT2D eigenvalue weighted by Gasteiger charge is 2.56. The van der Waals surface area contributed by atoms with Crippen LogP contribution in [0.25, 0.3) is 0 Å². The number of hydrogen-bond acceptors (Lipinski definition) is 5. The van der Waals surface area contributed by atoms with Gasteiger partial charge in [0.15, 0.2) is 11.5 Å². The van der Waals surface area contributed by atoms with Crippen LogP contribution in [-0.2, 0) is 4.74 Å². The van der Waals surface area contributed by atoms with Crippen LogP contribution in [0.2, 0.25) is 0 Å². The zero-order chi connectivity index (χ0) is 22.2. The summed E-state index contributed by atoms with van der Waals surface area (Å²) in [6.07, 6.45) is -2.87. The number of alkyl halides is 3. The smallest absolute Gasteiger partial charge is 0.480 e. The Morgan fingerprint density at radius 3 is 2.42 bits per heavy atom. The second kappa shape index (κ2) is 8.07. The van der Waals surface area contributed by atoms with Crippen molar-refractivity contribution in [3.05, 3.63) is 54.1 Å². The molecule has 31 heavy (non-hydrogen) atoms. The van der Waals surface area contributed by atoms with E-state index in [4.69, 9.17) is 14.2 Å². The first-order valence-electron chi connectivity index (χ1n) is 10.2. The normalized spacial score (nSPS) is 25.0. The maximum absolute atomic E-state index is 13.0. The van der Waals surface area contributed by atoms with Gasteiger partial charge in [0.05, 0.1) is 17.8 Å². The van der Waals surface area contributed by atoms with E-state index in [9.17, 15) is 18.0 Å². The lowest BCUT2D eigenvalue weighted by molar-refractivity contribution is -0.275. The number of benzene rings is 2. The molecule has 3 unspecified atom stereocenters. The van der Waals surface area contributed by atoms with E-state index in [2.05, 4.69) is 4.74 Å². The third kappa shape index (κ3) is 4.49. The van der Waals surface area contributed by atoms with E-state index in [1.165, 1.54) is 12.1 Å². The summed E-state index contributed by atoms with van der Waals surface area (Å²) in [4.78, 5) is 12.6. The number of carbonyl (C=O) groups excluding carboxylic acids is 1. The molecule has 166 valence electrons. The summed E-state index contributed by atoms with van der Waals surface area (Å²) in [5, 5.41) is 0. The van der Waals surface area contributed by atoms with Crippen molar-refractivity contribution in [3.63, 3.8) is 0 Å². The fourth-order valence-electron chi connectivity index (χ4n) is 4.32. The van der Waals surface area contributed by atoms with Crippen LogP contribution in [0, 0.1) is 5.92 Å². The monoisotopic (exact) mass is 436 g/mol. The Labute approximate surface area is 178 Å². The summed E-state index contributed by atoms with van der Waals surface area (Å²) in [6.45, 7) is 3.89. The molecule has 2 fully saturated rings. The second-order valence-corrected chi connectivity index (χ2v) is 8.15. The van der Waals surface area contributed by atoms with Gasteiger partial charge < -0.3 is 18.9 Å². The molecule has 0 spiro atoms. The molecular weight excluding hydrogens is 413 g/mol. The van der Waals surface area contributed by atoms with E-state index < -0.39 is 23.7 Å². The van der Waals surface area contributed by atoms with E-state index in [1.54, 1.807) is 30.3 Å². The molecule has 0 saturated carbocycles. The zero-order valence-electron chi connectivity index (χ0n) is 17.1. The average Bonchev–Trinajstić information content (AvgIpc) is 3.31. The Balaban J connectivity index is 1.66. The number of ether oxygens (including phenoxy) is 4. The molecule has 2 heterocycles. The van der Waals surface area contributed by atoms with Gasteiger partial charge >= 0.3 is 12.3 Å². The van der Waals surface area contributed by atoms with Crippen molar-refractivity contribution in [2.45, 2.75) is 57.3 Å². The summed E-state index contributed by atoms with van der Waals surface area (Å²) >= 11 is 0. The quantitative estimate of drug-likeness (QED) is 0.440. The second-order valence-electron chi connectivity index (χ2n) is 8.15. The van der Waals surface area contributed by atoms with E-state index in [0.717, 1.165) is 18.9 Å². The molecule has 2 aliphatic rings. The summed E-state index contributed by atoms with van der Waals surface area (Å²) in [5.74, 6) is -1.08. The standard InChI is InChI=1S/C23H23F3O5/c1-14(2)22(13-17-9-11-20(22)28-17)30-19-12-15(8-10-18(19)31-23(24,25)26)21(27)29-16-6-4-3-5-7-16/h3-8,10,12,14,17,20H,9,11,13H2,1-2H3. The number of halogens is 3. The molecule has 2 aromatic rings. The van der Waals surface area contributed by atoms with Crippen molar-refractivity contribution in [2.24, 2.45) is 5.92 Å². The Kier molecular flexibility index (Phi) is 5.60. The van der Waals surface area contributed by atoms with Crippen LogP contribution >= 0.6 is 0 Å². The zero-order valence-corrected chi connectivity index (χ0v) is 17.1. The number of rotatable bonds is 6. The van der Waals surface area contributed by atoms with Crippen LogP contribution in [0.5, 0.6) is 17.2 Å². The van der Waals surface area contributed by atoms with Crippen LogP contribution in [0.15, 0.2) is 48.5 Å². The highest BCUT2D eigenvalue weighted by molar-refractivity contribution is 5.91. The van der Waals surface area contributed by atoms with Crippen LogP contribution in [0.3, 0.4) is 0 Å². The van der Waals surface area contributed by atoms with Crippen LogP contribution in [-0.4, -0.2) is 30.1 Å². The van der Waals surface area contributed by atoms with Crippen LogP contribution in [0.1, 0.15) is 43.5 Å². The number of carbonyl (C=O) groups is 1. The highest BCUT2D eigenvalue weighted by atomic mass is 19.4. The minimum absolute atomic E-state index is 0.0191. The minimum atomic E-state index is -4.90. The third-order valence-electron chi connectivity index (χ3n) is 5.84. The first kappa shape index (κ1) is 21.5. The molecule has 0 radical (unpaired) electrons. The van der Waals surface area contributed by atoms with Crippen molar-refractivity contribution < 1.29 is 36.9 Å². The average molecular weight is 436 g/mol. The van der Waals surface area contributed by atoms with Gasteiger partial charge in [0, 0.05) is 6.42 Å². The molecule has 0 aromatic heterocycles. The van der Waals surface area contributed by atoms with Gasteiger partial charge in [-0.2, -0.15) is 0 Å². The maximum atomic E-state index is 13.0. The molecule has 3 atom stereocenters. The van der Waals surface area contributed by atoms with E-state index >= 15 is 0 Å². The van der Waals surface area contributed by atoms with E-state index in [0.29, 0.717) is 12.2 Å². The fourth-order valence-corrected chi connectivity index (χ4v) is 4.32. The van der Waals surface area contributed by atoms with Crippen LogP contribution < -0.4 is 14.2 Å². The molecular formula is C23H23F3O5. The fraction of sp³-hybridized carbons (Fsp3) is 0.435. The van der Waals surface area contributed by atoms with Crippen LogP contribution in [0.4, 0.5) is 13.2 Å². The lowest BCUT2D eigenvalue weighted by Crippen LogP contribution is -2.50. The number of para-hydroxylation sites is 1.